The van der Waals surface area contributed by atoms with Crippen LogP contribution in [0, 0.1) is 23.7 Å². The van der Waals surface area contributed by atoms with Crippen molar-refractivity contribution < 1.29 is 48.2 Å². The summed E-state index contributed by atoms with van der Waals surface area (Å²) < 4.78 is 12.0. The van der Waals surface area contributed by atoms with Gasteiger partial charge in [0.15, 0.2) is 11.6 Å². The number of carbonyl (C=O) groups is 6. The standard InChI is InChI=1S/C35H51N6O10P/c1-21(2)12-28(39-35(48)30-10-7-11-41(30)22(3)43)31(44)15-24(14-26-17-37-20-38-26)34(47)40-29(18-42)32(45)16-27(33(36)46)25(19-52(49,50)51)13-23-8-5-4-6-9-23/h4-6,8-9,17,20-21,24-25,27-30,42H,7,10-16,18-19H2,1-3H3,(H2,36,46)(H,37,38)(H,39,48)(H,40,47)(H2,49,50,51)/t24-,25+,27?,28+,29+,30?/m1/s1. The molecule has 4 amide bonds. The number of Topliss-reactive ketones (excluding diaryl/α,β-unsaturated/α-hetero) is 2. The molecule has 17 heteroatoms. The highest BCUT2D eigenvalue weighted by Crippen LogP contribution is 2.41. The molecule has 2 unspecified atom stereocenters. The molecule has 1 aromatic heterocycles. The second-order valence-corrected chi connectivity index (χ2v) is 15.6. The van der Waals surface area contributed by atoms with Gasteiger partial charge in [-0.15, -0.1) is 0 Å². The monoisotopic (exact) mass is 746 g/mol. The molecule has 1 aliphatic heterocycles. The van der Waals surface area contributed by atoms with Crippen LogP contribution >= 0.6 is 7.60 Å². The Bertz CT molecular complexity index is 1580. The van der Waals surface area contributed by atoms with E-state index in [1.165, 1.54) is 24.3 Å². The number of likely N-dealkylation sites (tertiary alicyclic amines) is 1. The lowest BCUT2D eigenvalue weighted by Gasteiger charge is -2.28. The molecule has 2 aromatic rings. The van der Waals surface area contributed by atoms with Crippen molar-refractivity contribution in [3.63, 3.8) is 0 Å². The van der Waals surface area contributed by atoms with Gasteiger partial charge in [0.25, 0.3) is 0 Å². The van der Waals surface area contributed by atoms with Crippen molar-refractivity contribution in [2.75, 3.05) is 19.3 Å². The van der Waals surface area contributed by atoms with Crippen LogP contribution in [0.15, 0.2) is 42.9 Å². The quantitative estimate of drug-likeness (QED) is 0.0872. The Morgan fingerprint density at radius 2 is 1.69 bits per heavy atom. The third-order valence-corrected chi connectivity index (χ3v) is 10.2. The van der Waals surface area contributed by atoms with Crippen LogP contribution < -0.4 is 16.4 Å². The van der Waals surface area contributed by atoms with E-state index in [4.69, 9.17) is 5.73 Å². The molecule has 0 saturated carbocycles. The molecule has 1 fully saturated rings. The van der Waals surface area contributed by atoms with Crippen molar-refractivity contribution in [3.05, 3.63) is 54.1 Å². The number of nitrogens with zero attached hydrogens (tertiary/aromatic N) is 2. The summed E-state index contributed by atoms with van der Waals surface area (Å²) in [6.45, 7) is 4.69. The van der Waals surface area contributed by atoms with E-state index in [0.29, 0.717) is 30.6 Å². The summed E-state index contributed by atoms with van der Waals surface area (Å²) in [5.41, 5.74) is 6.81. The Balaban J connectivity index is 1.80. The van der Waals surface area contributed by atoms with E-state index in [1.54, 1.807) is 30.3 Å². The number of hydrogen-bond donors (Lipinski definition) is 7. The molecule has 0 aliphatic carbocycles. The minimum Gasteiger partial charge on any atom is -0.394 e. The third-order valence-electron chi connectivity index (χ3n) is 9.27. The summed E-state index contributed by atoms with van der Waals surface area (Å²) in [4.78, 5) is 107. The van der Waals surface area contributed by atoms with E-state index in [1.807, 2.05) is 13.8 Å². The van der Waals surface area contributed by atoms with E-state index >= 15 is 0 Å². The van der Waals surface area contributed by atoms with Gasteiger partial charge in [0.2, 0.25) is 23.6 Å². The summed E-state index contributed by atoms with van der Waals surface area (Å²) in [6.07, 6.45) is 2.53. The van der Waals surface area contributed by atoms with Gasteiger partial charge in [-0.05, 0) is 43.1 Å². The molecule has 16 nitrogen and oxygen atoms in total. The first-order valence-corrected chi connectivity index (χ1v) is 19.2. The molecule has 6 atom stereocenters. The molecule has 0 bridgehead atoms. The number of aromatic amines is 1. The summed E-state index contributed by atoms with van der Waals surface area (Å²) in [5.74, 6) is -7.18. The number of amides is 4. The van der Waals surface area contributed by atoms with Crippen molar-refractivity contribution >= 4 is 42.8 Å². The number of benzene rings is 1. The minimum atomic E-state index is -4.67. The Morgan fingerprint density at radius 3 is 2.25 bits per heavy atom. The van der Waals surface area contributed by atoms with Crippen LogP contribution in [0.5, 0.6) is 0 Å². The maximum Gasteiger partial charge on any atom is 0.325 e. The molecule has 3 rings (SSSR count). The highest BCUT2D eigenvalue weighted by molar-refractivity contribution is 7.51. The number of hydrogen-bond acceptors (Lipinski definition) is 9. The highest BCUT2D eigenvalue weighted by Gasteiger charge is 2.38. The summed E-state index contributed by atoms with van der Waals surface area (Å²) in [6, 6.07) is 5.37. The number of carbonyl (C=O) groups excluding carboxylic acids is 6. The predicted octanol–water partition coefficient (Wildman–Crippen LogP) is 0.644. The van der Waals surface area contributed by atoms with Crippen molar-refractivity contribution in [2.45, 2.75) is 83.8 Å². The van der Waals surface area contributed by atoms with Crippen LogP contribution in [-0.4, -0.2) is 102 Å². The zero-order valence-electron chi connectivity index (χ0n) is 29.8. The van der Waals surface area contributed by atoms with Crippen molar-refractivity contribution in [1.82, 2.24) is 25.5 Å². The normalized spacial score (nSPS) is 17.5. The van der Waals surface area contributed by atoms with Crippen LogP contribution in [0.2, 0.25) is 0 Å². The first kappa shape index (κ1) is 42.2. The minimum absolute atomic E-state index is 0.0155. The Hall–Kier alpha value is -4.24. The highest BCUT2D eigenvalue weighted by atomic mass is 31.2. The fourth-order valence-corrected chi connectivity index (χ4v) is 7.66. The lowest BCUT2D eigenvalue weighted by atomic mass is 9.83. The lowest BCUT2D eigenvalue weighted by molar-refractivity contribution is -0.138. The van der Waals surface area contributed by atoms with Crippen molar-refractivity contribution in [3.8, 4) is 0 Å². The first-order valence-electron chi connectivity index (χ1n) is 17.4. The molecular weight excluding hydrogens is 695 g/mol. The largest absolute Gasteiger partial charge is 0.394 e. The Labute approximate surface area is 302 Å². The third kappa shape index (κ3) is 13.1. The number of nitrogens with one attached hydrogen (secondary N) is 3. The number of H-pyrrole nitrogens is 1. The lowest BCUT2D eigenvalue weighted by Crippen LogP contribution is -2.52. The molecule has 1 saturated heterocycles. The van der Waals surface area contributed by atoms with E-state index in [0.717, 1.165) is 0 Å². The Morgan fingerprint density at radius 1 is 1.02 bits per heavy atom. The molecular formula is C35H51N6O10P. The maximum absolute atomic E-state index is 13.8. The molecule has 1 aromatic carbocycles. The summed E-state index contributed by atoms with van der Waals surface area (Å²) in [7, 11) is -4.67. The van der Waals surface area contributed by atoms with Crippen LogP contribution in [0.4, 0.5) is 0 Å². The summed E-state index contributed by atoms with van der Waals surface area (Å²) in [5, 5.41) is 15.5. The zero-order valence-corrected chi connectivity index (χ0v) is 30.7. The number of primary amides is 1. The average molecular weight is 747 g/mol. The van der Waals surface area contributed by atoms with E-state index < -0.39 is 92.0 Å². The number of aliphatic hydroxyl groups excluding tert-OH is 1. The van der Waals surface area contributed by atoms with Crippen molar-refractivity contribution in [1.29, 1.82) is 0 Å². The maximum atomic E-state index is 13.8. The van der Waals surface area contributed by atoms with Crippen LogP contribution in [-0.2, 0) is 46.2 Å². The van der Waals surface area contributed by atoms with Crippen LogP contribution in [0.3, 0.4) is 0 Å². The number of aliphatic hydroxyl groups is 1. The number of rotatable bonds is 21. The van der Waals surface area contributed by atoms with Gasteiger partial charge < -0.3 is 41.1 Å². The van der Waals surface area contributed by atoms with Gasteiger partial charge >= 0.3 is 7.60 Å². The number of nitrogens with two attached hydrogens (primary N) is 1. The van der Waals surface area contributed by atoms with Gasteiger partial charge in [0, 0.05) is 50.5 Å². The summed E-state index contributed by atoms with van der Waals surface area (Å²) >= 11 is 0. The fourth-order valence-electron chi connectivity index (χ4n) is 6.66. The molecule has 8 N–H and O–H groups in total. The molecule has 52 heavy (non-hydrogen) atoms. The van der Waals surface area contributed by atoms with Gasteiger partial charge in [0.05, 0.1) is 31.1 Å². The second kappa shape index (κ2) is 19.6. The van der Waals surface area contributed by atoms with Gasteiger partial charge in [-0.25, -0.2) is 4.98 Å². The van der Waals surface area contributed by atoms with Gasteiger partial charge in [-0.3, -0.25) is 33.3 Å². The van der Waals surface area contributed by atoms with Crippen LogP contribution in [0.1, 0.15) is 64.1 Å². The van der Waals surface area contributed by atoms with Gasteiger partial charge in [-0.1, -0.05) is 44.2 Å². The number of ketones is 2. The molecule has 0 spiro atoms. The first-order chi connectivity index (χ1) is 24.5. The number of aromatic nitrogens is 2. The van der Waals surface area contributed by atoms with E-state index in [-0.39, 0.29) is 37.5 Å². The SMILES string of the molecule is CC(=O)N1CCCC1C(=O)N[C@@H](CC(C)C)C(=O)C[C@@H](Cc1cnc[nH]1)C(=O)N[C@@H](CO)C(=O)CC(C(N)=O)[C@@H](Cc1ccccc1)CP(=O)(O)O. The molecule has 0 radical (unpaired) electrons. The number of imidazole rings is 1. The molecule has 286 valence electrons. The van der Waals surface area contributed by atoms with Gasteiger partial charge in [0.1, 0.15) is 12.1 Å². The fraction of sp³-hybridized carbons (Fsp3) is 0.571. The van der Waals surface area contributed by atoms with E-state index in [9.17, 15) is 48.2 Å². The van der Waals surface area contributed by atoms with Gasteiger partial charge in [-0.2, -0.15) is 0 Å². The van der Waals surface area contributed by atoms with Crippen molar-refractivity contribution in [2.24, 2.45) is 29.4 Å². The smallest absolute Gasteiger partial charge is 0.325 e. The molecule has 1 aliphatic rings. The van der Waals surface area contributed by atoms with Crippen LogP contribution in [0.25, 0.3) is 0 Å². The predicted molar refractivity (Wildman–Crippen MR) is 189 cm³/mol. The molecule has 2 heterocycles. The van der Waals surface area contributed by atoms with E-state index in [2.05, 4.69) is 20.6 Å². The zero-order chi connectivity index (χ0) is 38.6. The Kier molecular flexibility index (Phi) is 15.9. The average Bonchev–Trinajstić information content (AvgIpc) is 3.77. The second-order valence-electron chi connectivity index (χ2n) is 13.9. The topological polar surface area (TPSA) is 262 Å².